The second-order valence-corrected chi connectivity index (χ2v) is 5.42. The maximum Gasteiger partial charge on any atom is 0.237 e. The zero-order valence-electron chi connectivity index (χ0n) is 12.7. The predicted molar refractivity (Wildman–Crippen MR) is 87.9 cm³/mol. The van der Waals surface area contributed by atoms with E-state index in [1.807, 2.05) is 30.3 Å². The first kappa shape index (κ1) is 16.7. The Morgan fingerprint density at radius 2 is 1.65 bits per heavy atom. The van der Waals surface area contributed by atoms with Crippen LogP contribution in [0.25, 0.3) is 0 Å². The molecule has 0 aliphatic heterocycles. The summed E-state index contributed by atoms with van der Waals surface area (Å²) >= 11 is 0. The first-order valence-electron chi connectivity index (χ1n) is 7.41. The number of nitrogens with two attached hydrogens (primary N) is 1. The molecule has 2 rings (SSSR count). The average molecular weight is 312 g/mol. The van der Waals surface area contributed by atoms with Gasteiger partial charge in [0, 0.05) is 0 Å². The average Bonchev–Trinajstić information content (AvgIpc) is 2.57. The molecule has 0 aliphatic rings. The topological polar surface area (TPSA) is 92.4 Å². The number of carbonyl (C=O) groups is 2. The van der Waals surface area contributed by atoms with Gasteiger partial charge in [0.1, 0.15) is 12.0 Å². The first-order chi connectivity index (χ1) is 11.1. The highest BCUT2D eigenvalue weighted by atomic mass is 16.3. The fourth-order valence-electron chi connectivity index (χ4n) is 2.27. The van der Waals surface area contributed by atoms with Crippen LogP contribution >= 0.6 is 0 Å². The normalized spacial score (nSPS) is 13.1. The Hall–Kier alpha value is -2.66. The van der Waals surface area contributed by atoms with Crippen LogP contribution in [0.3, 0.4) is 0 Å². The molecule has 0 bridgehead atoms. The highest BCUT2D eigenvalue weighted by Gasteiger charge is 2.18. The Morgan fingerprint density at radius 3 is 2.26 bits per heavy atom. The summed E-state index contributed by atoms with van der Waals surface area (Å²) in [7, 11) is 0. The Bertz CT molecular complexity index is 641. The van der Waals surface area contributed by atoms with Gasteiger partial charge in [-0.15, -0.1) is 0 Å². The third-order valence-corrected chi connectivity index (χ3v) is 3.52. The van der Waals surface area contributed by atoms with Crippen molar-refractivity contribution >= 4 is 12.2 Å². The van der Waals surface area contributed by atoms with Crippen molar-refractivity contribution in [2.24, 2.45) is 5.73 Å². The zero-order valence-corrected chi connectivity index (χ0v) is 12.7. The lowest BCUT2D eigenvalue weighted by Gasteiger charge is -2.17. The summed E-state index contributed by atoms with van der Waals surface area (Å²) in [4.78, 5) is 23.3. The number of hydrogen-bond donors (Lipinski definition) is 3. The van der Waals surface area contributed by atoms with Gasteiger partial charge >= 0.3 is 0 Å². The van der Waals surface area contributed by atoms with Gasteiger partial charge in [0.15, 0.2) is 0 Å². The van der Waals surface area contributed by atoms with E-state index in [9.17, 15) is 14.7 Å². The molecule has 0 fully saturated rings. The van der Waals surface area contributed by atoms with Crippen LogP contribution in [-0.4, -0.2) is 29.4 Å². The number of phenolic OH excluding ortho intramolecular Hbond substituents is 1. The van der Waals surface area contributed by atoms with Gasteiger partial charge in [0.05, 0.1) is 12.1 Å². The van der Waals surface area contributed by atoms with Gasteiger partial charge in [-0.05, 0) is 36.1 Å². The summed E-state index contributed by atoms with van der Waals surface area (Å²) in [5.74, 6) is -0.207. The van der Waals surface area contributed by atoms with E-state index in [0.717, 1.165) is 17.4 Å². The Kier molecular flexibility index (Phi) is 5.88. The van der Waals surface area contributed by atoms with E-state index in [-0.39, 0.29) is 11.7 Å². The lowest BCUT2D eigenvalue weighted by molar-refractivity contribution is -0.125. The smallest absolute Gasteiger partial charge is 0.237 e. The number of aromatic hydroxyl groups is 1. The van der Waals surface area contributed by atoms with Crippen molar-refractivity contribution in [3.63, 3.8) is 0 Å². The maximum atomic E-state index is 12.1. The highest BCUT2D eigenvalue weighted by molar-refractivity contribution is 5.84. The van der Waals surface area contributed by atoms with E-state index in [4.69, 9.17) is 5.73 Å². The van der Waals surface area contributed by atoms with E-state index < -0.39 is 12.1 Å². The Balaban J connectivity index is 1.90. The van der Waals surface area contributed by atoms with Crippen molar-refractivity contribution < 1.29 is 14.7 Å². The molecular formula is C18H20N2O3. The fraction of sp³-hybridized carbons (Fsp3) is 0.222. The summed E-state index contributed by atoms with van der Waals surface area (Å²) in [6.07, 6.45) is 1.49. The number of nitrogens with one attached hydrogen (secondary N) is 1. The van der Waals surface area contributed by atoms with Crippen LogP contribution in [0.4, 0.5) is 0 Å². The molecule has 0 radical (unpaired) electrons. The van der Waals surface area contributed by atoms with Crippen molar-refractivity contribution in [3.05, 3.63) is 65.7 Å². The summed E-state index contributed by atoms with van der Waals surface area (Å²) in [5.41, 5.74) is 7.71. The predicted octanol–water partition coefficient (Wildman–Crippen LogP) is 1.19. The van der Waals surface area contributed by atoms with Crippen molar-refractivity contribution in [2.45, 2.75) is 24.9 Å². The van der Waals surface area contributed by atoms with Gasteiger partial charge in [-0.25, -0.2) is 0 Å². The molecule has 2 atom stereocenters. The minimum atomic E-state index is -0.752. The number of phenols is 1. The number of amides is 1. The molecule has 0 spiro atoms. The first-order valence-corrected chi connectivity index (χ1v) is 7.41. The Labute approximate surface area is 135 Å². The van der Waals surface area contributed by atoms with E-state index in [1.165, 1.54) is 0 Å². The van der Waals surface area contributed by atoms with E-state index in [1.54, 1.807) is 24.3 Å². The number of benzene rings is 2. The number of carbonyl (C=O) groups excluding carboxylic acids is 2. The molecule has 0 heterocycles. The van der Waals surface area contributed by atoms with Crippen LogP contribution in [0, 0.1) is 0 Å². The molecule has 2 aromatic rings. The number of aldehydes is 1. The van der Waals surface area contributed by atoms with Gasteiger partial charge in [-0.3, -0.25) is 4.79 Å². The molecule has 5 heteroatoms. The van der Waals surface area contributed by atoms with Crippen LogP contribution in [0.2, 0.25) is 0 Å². The van der Waals surface area contributed by atoms with Crippen LogP contribution in [0.15, 0.2) is 54.6 Å². The molecule has 0 saturated carbocycles. The van der Waals surface area contributed by atoms with E-state index >= 15 is 0 Å². The molecule has 0 saturated heterocycles. The summed E-state index contributed by atoms with van der Waals surface area (Å²) in [6.45, 7) is 0. The van der Waals surface area contributed by atoms with Crippen molar-refractivity contribution in [1.82, 2.24) is 5.32 Å². The van der Waals surface area contributed by atoms with Crippen LogP contribution in [0.5, 0.6) is 5.75 Å². The minimum Gasteiger partial charge on any atom is -0.508 e. The van der Waals surface area contributed by atoms with Crippen LogP contribution in [0.1, 0.15) is 11.1 Å². The van der Waals surface area contributed by atoms with Crippen LogP contribution in [-0.2, 0) is 22.4 Å². The molecule has 2 aromatic carbocycles. The highest BCUT2D eigenvalue weighted by Crippen LogP contribution is 2.11. The number of hydrogen-bond acceptors (Lipinski definition) is 4. The Morgan fingerprint density at radius 1 is 1.04 bits per heavy atom. The van der Waals surface area contributed by atoms with Gasteiger partial charge in [-0.2, -0.15) is 0 Å². The minimum absolute atomic E-state index is 0.163. The third-order valence-electron chi connectivity index (χ3n) is 3.52. The second kappa shape index (κ2) is 8.10. The fourth-order valence-corrected chi connectivity index (χ4v) is 2.27. The zero-order chi connectivity index (χ0) is 16.7. The lowest BCUT2D eigenvalue weighted by Crippen LogP contribution is -2.47. The molecule has 4 N–H and O–H groups in total. The molecule has 120 valence electrons. The SMILES string of the molecule is N[C@@H](Cc1ccc(O)cc1)C(=O)N[C@@H](C=O)Cc1ccccc1. The maximum absolute atomic E-state index is 12.1. The molecule has 0 aliphatic carbocycles. The monoisotopic (exact) mass is 312 g/mol. The van der Waals surface area contributed by atoms with Gasteiger partial charge in [0.25, 0.3) is 0 Å². The largest absolute Gasteiger partial charge is 0.508 e. The van der Waals surface area contributed by atoms with Gasteiger partial charge in [0.2, 0.25) is 5.91 Å². The molecular weight excluding hydrogens is 292 g/mol. The van der Waals surface area contributed by atoms with Gasteiger partial charge < -0.3 is 21.0 Å². The lowest BCUT2D eigenvalue weighted by atomic mass is 10.0. The molecule has 0 unspecified atom stereocenters. The van der Waals surface area contributed by atoms with E-state index in [2.05, 4.69) is 5.32 Å². The van der Waals surface area contributed by atoms with Gasteiger partial charge in [-0.1, -0.05) is 42.5 Å². The molecule has 23 heavy (non-hydrogen) atoms. The number of rotatable bonds is 7. The summed E-state index contributed by atoms with van der Waals surface area (Å²) in [5, 5.41) is 11.9. The standard InChI is InChI=1S/C18H20N2O3/c19-17(11-14-6-8-16(22)9-7-14)18(23)20-15(12-21)10-13-4-2-1-3-5-13/h1-9,12,15,17,22H,10-11,19H2,(H,20,23)/t15-,17+/m1/s1. The summed E-state index contributed by atoms with van der Waals surface area (Å²) in [6, 6.07) is 14.6. The quantitative estimate of drug-likeness (QED) is 0.670. The molecule has 1 amide bonds. The van der Waals surface area contributed by atoms with Crippen LogP contribution < -0.4 is 11.1 Å². The molecule has 0 aromatic heterocycles. The second-order valence-electron chi connectivity index (χ2n) is 5.42. The van der Waals surface area contributed by atoms with E-state index in [0.29, 0.717) is 12.8 Å². The summed E-state index contributed by atoms with van der Waals surface area (Å²) < 4.78 is 0. The van der Waals surface area contributed by atoms with Crippen molar-refractivity contribution in [2.75, 3.05) is 0 Å². The van der Waals surface area contributed by atoms with Crippen molar-refractivity contribution in [3.8, 4) is 5.75 Å². The molecule has 5 nitrogen and oxygen atoms in total. The third kappa shape index (κ3) is 5.23. The van der Waals surface area contributed by atoms with Crippen molar-refractivity contribution in [1.29, 1.82) is 0 Å².